The van der Waals surface area contributed by atoms with Crippen LogP contribution >= 0.6 is 0 Å². The Morgan fingerprint density at radius 3 is 2.69 bits per heavy atom. The molecular formula is C21H23F3N4O. The van der Waals surface area contributed by atoms with E-state index >= 15 is 0 Å². The van der Waals surface area contributed by atoms with Crippen LogP contribution in [-0.4, -0.2) is 34.1 Å². The van der Waals surface area contributed by atoms with Crippen LogP contribution in [0.3, 0.4) is 0 Å². The van der Waals surface area contributed by atoms with Crippen LogP contribution in [0.1, 0.15) is 49.7 Å². The van der Waals surface area contributed by atoms with Gasteiger partial charge >= 0.3 is 6.18 Å². The fraction of sp³-hybridized carbons (Fsp3) is 0.429. The van der Waals surface area contributed by atoms with Gasteiger partial charge in [-0.05, 0) is 30.7 Å². The number of aromatic amines is 1. The van der Waals surface area contributed by atoms with E-state index in [0.29, 0.717) is 18.7 Å². The Balaban J connectivity index is 1.70. The van der Waals surface area contributed by atoms with E-state index in [0.717, 1.165) is 28.7 Å². The molecule has 3 heterocycles. The molecule has 5 nitrogen and oxygen atoms in total. The summed E-state index contributed by atoms with van der Waals surface area (Å²) < 4.78 is 45.4. The molecule has 2 aromatic heterocycles. The quantitative estimate of drug-likeness (QED) is 0.663. The van der Waals surface area contributed by atoms with Crippen molar-refractivity contribution in [1.29, 1.82) is 0 Å². The van der Waals surface area contributed by atoms with E-state index in [1.807, 2.05) is 33.0 Å². The molecule has 3 aromatic rings. The molecule has 0 bridgehead atoms. The van der Waals surface area contributed by atoms with Crippen molar-refractivity contribution in [3.63, 3.8) is 0 Å². The van der Waals surface area contributed by atoms with E-state index in [4.69, 9.17) is 9.72 Å². The third-order valence-corrected chi connectivity index (χ3v) is 5.07. The number of benzene rings is 1. The van der Waals surface area contributed by atoms with Gasteiger partial charge in [-0.25, -0.2) is 9.97 Å². The zero-order chi connectivity index (χ0) is 20.8. The Kier molecular flexibility index (Phi) is 4.98. The number of fused-ring (bicyclic) bond motifs is 1. The zero-order valence-electron chi connectivity index (χ0n) is 16.5. The number of H-pyrrole nitrogens is 1. The van der Waals surface area contributed by atoms with E-state index in [9.17, 15) is 13.2 Å². The van der Waals surface area contributed by atoms with Gasteiger partial charge in [-0.2, -0.15) is 13.2 Å². The minimum atomic E-state index is -4.38. The van der Waals surface area contributed by atoms with Gasteiger partial charge in [0.25, 0.3) is 0 Å². The SMILES string of the molecule is CC1CN(c2nc(C(C)C)nc3[nH]ccc23)CC(c2cccc(C(F)(F)F)c2)O1. The average Bonchev–Trinajstić information content (AvgIpc) is 3.14. The van der Waals surface area contributed by atoms with Crippen molar-refractivity contribution in [3.05, 3.63) is 53.5 Å². The number of alkyl halides is 3. The topological polar surface area (TPSA) is 54.0 Å². The van der Waals surface area contributed by atoms with Gasteiger partial charge < -0.3 is 14.6 Å². The summed E-state index contributed by atoms with van der Waals surface area (Å²) in [7, 11) is 0. The van der Waals surface area contributed by atoms with Gasteiger partial charge in [-0.3, -0.25) is 0 Å². The van der Waals surface area contributed by atoms with E-state index in [1.54, 1.807) is 6.07 Å². The van der Waals surface area contributed by atoms with Crippen LogP contribution in [0.25, 0.3) is 11.0 Å². The molecule has 0 saturated carbocycles. The first-order valence-corrected chi connectivity index (χ1v) is 9.65. The highest BCUT2D eigenvalue weighted by Gasteiger charge is 2.33. The number of hydrogen-bond acceptors (Lipinski definition) is 4. The lowest BCUT2D eigenvalue weighted by Crippen LogP contribution is -2.43. The maximum absolute atomic E-state index is 13.1. The summed E-state index contributed by atoms with van der Waals surface area (Å²) in [4.78, 5) is 14.6. The lowest BCUT2D eigenvalue weighted by molar-refractivity contribution is -0.137. The summed E-state index contributed by atoms with van der Waals surface area (Å²) in [5.41, 5.74) is 0.605. The lowest BCUT2D eigenvalue weighted by Gasteiger charge is -2.38. The standard InChI is InChI=1S/C21H23F3N4O/c1-12(2)18-26-19-16(7-8-25-19)20(27-18)28-10-13(3)29-17(11-28)14-5-4-6-15(9-14)21(22,23)24/h4-9,12-13,17H,10-11H2,1-3H3,(H,25,26,27). The van der Waals surface area contributed by atoms with Crippen LogP contribution in [0.5, 0.6) is 0 Å². The van der Waals surface area contributed by atoms with Crippen molar-refractivity contribution in [2.75, 3.05) is 18.0 Å². The fourth-order valence-electron chi connectivity index (χ4n) is 3.66. The largest absolute Gasteiger partial charge is 0.416 e. The number of ether oxygens (including phenoxy) is 1. The molecule has 1 saturated heterocycles. The van der Waals surface area contributed by atoms with Gasteiger partial charge in [-0.1, -0.05) is 26.0 Å². The number of morpholine rings is 1. The molecule has 4 rings (SSSR count). The Labute approximate surface area is 166 Å². The summed E-state index contributed by atoms with van der Waals surface area (Å²) in [6.45, 7) is 7.00. The third kappa shape index (κ3) is 3.94. The molecule has 1 aromatic carbocycles. The van der Waals surface area contributed by atoms with Crippen molar-refractivity contribution < 1.29 is 17.9 Å². The van der Waals surface area contributed by atoms with E-state index < -0.39 is 17.8 Å². The predicted octanol–water partition coefficient (Wildman–Crippen LogP) is 5.07. The smallest absolute Gasteiger partial charge is 0.367 e. The van der Waals surface area contributed by atoms with Crippen LogP contribution in [0.15, 0.2) is 36.5 Å². The summed E-state index contributed by atoms with van der Waals surface area (Å²) in [5, 5.41) is 0.895. The Morgan fingerprint density at radius 2 is 1.97 bits per heavy atom. The fourth-order valence-corrected chi connectivity index (χ4v) is 3.66. The second-order valence-corrected chi connectivity index (χ2v) is 7.76. The van der Waals surface area contributed by atoms with Crippen molar-refractivity contribution in [2.45, 2.75) is 45.1 Å². The molecule has 0 aliphatic carbocycles. The van der Waals surface area contributed by atoms with Crippen LogP contribution in [0.2, 0.25) is 0 Å². The number of rotatable bonds is 3. The molecule has 1 N–H and O–H groups in total. The number of anilines is 1. The number of aromatic nitrogens is 3. The highest BCUT2D eigenvalue weighted by atomic mass is 19.4. The number of nitrogens with one attached hydrogen (secondary N) is 1. The highest BCUT2D eigenvalue weighted by molar-refractivity contribution is 5.87. The first kappa shape index (κ1) is 19.7. The van der Waals surface area contributed by atoms with E-state index in [2.05, 4.69) is 14.9 Å². The van der Waals surface area contributed by atoms with Gasteiger partial charge in [0.05, 0.1) is 17.1 Å². The number of hydrogen-bond donors (Lipinski definition) is 1. The molecule has 8 heteroatoms. The molecule has 2 atom stereocenters. The molecule has 1 fully saturated rings. The van der Waals surface area contributed by atoms with Crippen molar-refractivity contribution >= 4 is 16.9 Å². The molecule has 0 amide bonds. The zero-order valence-corrected chi connectivity index (χ0v) is 16.5. The average molecular weight is 404 g/mol. The van der Waals surface area contributed by atoms with Gasteiger partial charge in [0.1, 0.15) is 23.4 Å². The Bertz CT molecular complexity index is 1010. The van der Waals surface area contributed by atoms with Gasteiger partial charge in [-0.15, -0.1) is 0 Å². The minimum Gasteiger partial charge on any atom is -0.367 e. The lowest BCUT2D eigenvalue weighted by atomic mass is 10.0. The van der Waals surface area contributed by atoms with Gasteiger partial charge in [0.15, 0.2) is 0 Å². The first-order valence-electron chi connectivity index (χ1n) is 9.65. The summed E-state index contributed by atoms with van der Waals surface area (Å²) in [6, 6.07) is 7.29. The van der Waals surface area contributed by atoms with Gasteiger partial charge in [0.2, 0.25) is 0 Å². The third-order valence-electron chi connectivity index (χ3n) is 5.07. The van der Waals surface area contributed by atoms with Crippen LogP contribution < -0.4 is 4.90 Å². The number of nitrogens with zero attached hydrogens (tertiary/aromatic N) is 3. The molecular weight excluding hydrogens is 381 g/mol. The second kappa shape index (κ2) is 7.33. The van der Waals surface area contributed by atoms with Crippen LogP contribution in [-0.2, 0) is 10.9 Å². The molecule has 1 aliphatic rings. The highest BCUT2D eigenvalue weighted by Crippen LogP contribution is 2.35. The summed E-state index contributed by atoms with van der Waals surface area (Å²) in [6.07, 6.45) is -3.20. The molecule has 0 radical (unpaired) electrons. The van der Waals surface area contributed by atoms with Crippen molar-refractivity contribution in [2.24, 2.45) is 0 Å². The van der Waals surface area contributed by atoms with Crippen molar-refractivity contribution in [1.82, 2.24) is 15.0 Å². The molecule has 1 aliphatic heterocycles. The molecule has 29 heavy (non-hydrogen) atoms. The van der Waals surface area contributed by atoms with Gasteiger partial charge in [0, 0.05) is 25.2 Å². The van der Waals surface area contributed by atoms with Crippen molar-refractivity contribution in [3.8, 4) is 0 Å². The van der Waals surface area contributed by atoms with E-state index in [-0.39, 0.29) is 12.0 Å². The van der Waals surface area contributed by atoms with Crippen LogP contribution in [0.4, 0.5) is 19.0 Å². The Morgan fingerprint density at radius 1 is 1.17 bits per heavy atom. The monoisotopic (exact) mass is 404 g/mol. The molecule has 154 valence electrons. The predicted molar refractivity (Wildman–Crippen MR) is 105 cm³/mol. The first-order chi connectivity index (χ1) is 13.7. The summed E-state index contributed by atoms with van der Waals surface area (Å²) >= 11 is 0. The minimum absolute atomic E-state index is 0.152. The van der Waals surface area contributed by atoms with E-state index in [1.165, 1.54) is 12.1 Å². The Hall–Kier alpha value is -2.61. The number of halogens is 3. The van der Waals surface area contributed by atoms with Crippen LogP contribution in [0, 0.1) is 0 Å². The normalized spacial score (nSPS) is 20.6. The second-order valence-electron chi connectivity index (χ2n) is 7.76. The maximum Gasteiger partial charge on any atom is 0.416 e. The molecule has 2 unspecified atom stereocenters. The summed E-state index contributed by atoms with van der Waals surface area (Å²) in [5.74, 6) is 1.66. The molecule has 0 spiro atoms. The maximum atomic E-state index is 13.1.